The summed E-state index contributed by atoms with van der Waals surface area (Å²) >= 11 is 0. The predicted molar refractivity (Wildman–Crippen MR) is 109 cm³/mol. The molecule has 0 aliphatic carbocycles. The van der Waals surface area contributed by atoms with Crippen LogP contribution in [0, 0.1) is 6.92 Å². The van der Waals surface area contributed by atoms with Crippen LogP contribution in [0.2, 0.25) is 0 Å². The molecular formula is C21H29N5O2. The second-order valence-electron chi connectivity index (χ2n) is 7.80. The van der Waals surface area contributed by atoms with Crippen LogP contribution in [0.1, 0.15) is 35.6 Å². The molecule has 1 aromatic heterocycles. The highest BCUT2D eigenvalue weighted by molar-refractivity contribution is 5.94. The highest BCUT2D eigenvalue weighted by Gasteiger charge is 2.32. The van der Waals surface area contributed by atoms with Gasteiger partial charge in [0.2, 0.25) is 5.91 Å². The number of anilines is 1. The van der Waals surface area contributed by atoms with Gasteiger partial charge < -0.3 is 19.9 Å². The number of carbonyl (C=O) groups excluding carboxylic acids is 1. The molecule has 0 bridgehead atoms. The molecule has 1 fully saturated rings. The third-order valence-corrected chi connectivity index (χ3v) is 5.76. The van der Waals surface area contributed by atoms with Gasteiger partial charge in [-0.1, -0.05) is 18.2 Å². The number of hydrogen-bond acceptors (Lipinski definition) is 5. The number of carbonyl (C=O) groups is 1. The van der Waals surface area contributed by atoms with Gasteiger partial charge in [-0.3, -0.25) is 9.89 Å². The van der Waals surface area contributed by atoms with Crippen LogP contribution in [0.15, 0.2) is 24.3 Å². The first-order chi connectivity index (χ1) is 13.6. The number of amides is 1. The number of H-pyrrole nitrogens is 1. The van der Waals surface area contributed by atoms with Gasteiger partial charge in [-0.2, -0.15) is 5.10 Å². The van der Waals surface area contributed by atoms with E-state index in [2.05, 4.69) is 38.4 Å². The number of nitrogens with one attached hydrogen (secondary N) is 2. The summed E-state index contributed by atoms with van der Waals surface area (Å²) in [6, 6.07) is 8.07. The number of likely N-dealkylation sites (N-methyl/N-ethyl adjacent to an activating group) is 1. The fraction of sp³-hybridized carbons (Fsp3) is 0.524. The Bertz CT molecular complexity index is 826. The first kappa shape index (κ1) is 19.0. The molecule has 0 radical (unpaired) electrons. The van der Waals surface area contributed by atoms with E-state index in [0.717, 1.165) is 61.7 Å². The van der Waals surface area contributed by atoms with Crippen molar-refractivity contribution >= 4 is 11.7 Å². The molecule has 1 aromatic carbocycles. The molecule has 1 amide bonds. The smallest absolute Gasteiger partial charge is 0.226 e. The highest BCUT2D eigenvalue weighted by atomic mass is 16.5. The third-order valence-electron chi connectivity index (χ3n) is 5.76. The maximum absolute atomic E-state index is 12.2. The van der Waals surface area contributed by atoms with Crippen LogP contribution >= 0.6 is 0 Å². The Morgan fingerprint density at radius 2 is 2.00 bits per heavy atom. The number of rotatable bonds is 6. The fourth-order valence-electron chi connectivity index (χ4n) is 4.14. The molecule has 1 atom stereocenters. The number of hydrogen-bond donors (Lipinski definition) is 2. The van der Waals surface area contributed by atoms with Crippen LogP contribution in [0.5, 0.6) is 5.75 Å². The van der Waals surface area contributed by atoms with E-state index in [1.54, 1.807) is 0 Å². The number of nitrogens with zero attached hydrogens (tertiary/aromatic N) is 3. The summed E-state index contributed by atoms with van der Waals surface area (Å²) in [5.41, 5.74) is 3.11. The van der Waals surface area contributed by atoms with Crippen molar-refractivity contribution in [2.75, 3.05) is 51.7 Å². The monoisotopic (exact) mass is 383 g/mol. The molecule has 7 nitrogen and oxygen atoms in total. The van der Waals surface area contributed by atoms with Crippen LogP contribution in [0.4, 0.5) is 5.82 Å². The van der Waals surface area contributed by atoms with Crippen molar-refractivity contribution in [2.24, 2.45) is 0 Å². The van der Waals surface area contributed by atoms with Crippen LogP contribution in [0.25, 0.3) is 0 Å². The van der Waals surface area contributed by atoms with Gasteiger partial charge in [0.15, 0.2) is 5.82 Å². The zero-order chi connectivity index (χ0) is 19.5. The molecule has 0 spiro atoms. The maximum Gasteiger partial charge on any atom is 0.226 e. The summed E-state index contributed by atoms with van der Waals surface area (Å²) in [6.45, 7) is 8.28. The quantitative estimate of drug-likeness (QED) is 0.748. The number of fused-ring (bicyclic) bond motifs is 1. The van der Waals surface area contributed by atoms with Gasteiger partial charge in [-0.15, -0.1) is 0 Å². The van der Waals surface area contributed by atoms with E-state index in [4.69, 9.17) is 4.74 Å². The molecule has 3 heterocycles. The van der Waals surface area contributed by atoms with Crippen molar-refractivity contribution in [3.63, 3.8) is 0 Å². The van der Waals surface area contributed by atoms with Crippen molar-refractivity contribution in [3.8, 4) is 5.75 Å². The second kappa shape index (κ2) is 8.32. The lowest BCUT2D eigenvalue weighted by Gasteiger charge is -2.32. The Hall–Kier alpha value is -2.38. The number of benzene rings is 1. The minimum absolute atomic E-state index is 0.00568. The number of aryl methyl sites for hydroxylation is 1. The topological polar surface area (TPSA) is 73.5 Å². The minimum atomic E-state index is -0.0312. The third kappa shape index (κ3) is 4.05. The molecular weight excluding hydrogens is 354 g/mol. The molecule has 2 aliphatic rings. The molecule has 2 N–H and O–H groups in total. The van der Waals surface area contributed by atoms with Crippen molar-refractivity contribution in [2.45, 2.75) is 25.7 Å². The Morgan fingerprint density at radius 3 is 2.82 bits per heavy atom. The number of piperazine rings is 1. The molecule has 28 heavy (non-hydrogen) atoms. The highest BCUT2D eigenvalue weighted by Crippen LogP contribution is 2.41. The second-order valence-corrected chi connectivity index (χ2v) is 7.80. The van der Waals surface area contributed by atoms with Gasteiger partial charge in [0.05, 0.1) is 6.61 Å². The molecule has 7 heteroatoms. The molecule has 150 valence electrons. The lowest BCUT2D eigenvalue weighted by atomic mass is 9.85. The Labute approximate surface area is 166 Å². The van der Waals surface area contributed by atoms with E-state index >= 15 is 0 Å². The summed E-state index contributed by atoms with van der Waals surface area (Å²) in [6.07, 6.45) is 1.41. The van der Waals surface area contributed by atoms with Crippen LogP contribution in [-0.4, -0.2) is 72.3 Å². The van der Waals surface area contributed by atoms with Crippen LogP contribution in [0.3, 0.4) is 0 Å². The van der Waals surface area contributed by atoms with Gasteiger partial charge in [0.1, 0.15) is 5.75 Å². The van der Waals surface area contributed by atoms with E-state index in [0.29, 0.717) is 18.8 Å². The van der Waals surface area contributed by atoms with Gasteiger partial charge in [0.25, 0.3) is 0 Å². The normalized spacial score (nSPS) is 20.6. The van der Waals surface area contributed by atoms with Gasteiger partial charge in [-0.05, 0) is 26.5 Å². The van der Waals surface area contributed by atoms with E-state index < -0.39 is 0 Å². The Morgan fingerprint density at radius 1 is 1.21 bits per heavy atom. The Kier molecular flexibility index (Phi) is 5.64. The van der Waals surface area contributed by atoms with Gasteiger partial charge in [-0.25, -0.2) is 0 Å². The van der Waals surface area contributed by atoms with Gasteiger partial charge >= 0.3 is 0 Å². The van der Waals surface area contributed by atoms with Gasteiger partial charge in [0, 0.05) is 61.9 Å². The fourth-order valence-corrected chi connectivity index (χ4v) is 4.14. The number of aromatic amines is 1. The van der Waals surface area contributed by atoms with E-state index in [1.165, 1.54) is 0 Å². The SMILES string of the molecule is Cc1[nH]nc2c1C(c1ccccc1OCCCN1CCN(C)CC1)CC(=O)N2. The lowest BCUT2D eigenvalue weighted by molar-refractivity contribution is -0.116. The zero-order valence-corrected chi connectivity index (χ0v) is 16.7. The van der Waals surface area contributed by atoms with E-state index in [-0.39, 0.29) is 11.8 Å². The Balaban J connectivity index is 1.42. The average molecular weight is 383 g/mol. The molecule has 1 unspecified atom stereocenters. The predicted octanol–water partition coefficient (Wildman–Crippen LogP) is 2.21. The van der Waals surface area contributed by atoms with Crippen molar-refractivity contribution in [1.82, 2.24) is 20.0 Å². The van der Waals surface area contributed by atoms with Crippen molar-refractivity contribution in [3.05, 3.63) is 41.1 Å². The molecule has 2 aliphatic heterocycles. The van der Waals surface area contributed by atoms with Crippen LogP contribution in [-0.2, 0) is 4.79 Å². The summed E-state index contributed by atoms with van der Waals surface area (Å²) in [4.78, 5) is 17.0. The molecule has 0 saturated carbocycles. The summed E-state index contributed by atoms with van der Waals surface area (Å²) in [5, 5.41) is 10.1. The summed E-state index contributed by atoms with van der Waals surface area (Å²) in [5.74, 6) is 1.47. The number of aromatic nitrogens is 2. The van der Waals surface area contributed by atoms with Crippen molar-refractivity contribution in [1.29, 1.82) is 0 Å². The van der Waals surface area contributed by atoms with E-state index in [9.17, 15) is 4.79 Å². The standard InChI is InChI=1S/C21H29N5O2/c1-15-20-17(14-19(27)22-21(20)24-23-15)16-6-3-4-7-18(16)28-13-5-8-26-11-9-25(2)10-12-26/h3-4,6-7,17H,5,8-14H2,1-2H3,(H2,22,23,24,27). The molecule has 1 saturated heterocycles. The molecule has 4 rings (SSSR count). The zero-order valence-electron chi connectivity index (χ0n) is 16.7. The average Bonchev–Trinajstić information content (AvgIpc) is 3.07. The van der Waals surface area contributed by atoms with Crippen molar-refractivity contribution < 1.29 is 9.53 Å². The summed E-state index contributed by atoms with van der Waals surface area (Å²) in [7, 11) is 2.18. The van der Waals surface area contributed by atoms with E-state index in [1.807, 2.05) is 25.1 Å². The largest absolute Gasteiger partial charge is 0.493 e. The van der Waals surface area contributed by atoms with Crippen LogP contribution < -0.4 is 10.1 Å². The number of ether oxygens (including phenoxy) is 1. The molecule has 2 aromatic rings. The first-order valence-electron chi connectivity index (χ1n) is 10.1. The minimum Gasteiger partial charge on any atom is -0.493 e. The lowest BCUT2D eigenvalue weighted by Crippen LogP contribution is -2.44. The summed E-state index contributed by atoms with van der Waals surface area (Å²) < 4.78 is 6.17. The first-order valence-corrected chi connectivity index (χ1v) is 10.1. The number of para-hydroxylation sites is 1. The maximum atomic E-state index is 12.2.